The van der Waals surface area contributed by atoms with Crippen molar-refractivity contribution in [3.05, 3.63) is 24.3 Å². The molecule has 78 valence electrons. The molecule has 1 aromatic rings. The third-order valence-corrected chi connectivity index (χ3v) is 2.42. The maximum Gasteiger partial charge on any atom is 0.0384 e. The topological polar surface area (TPSA) is 15.3 Å². The van der Waals surface area contributed by atoms with E-state index in [0.717, 1.165) is 6.54 Å². The molecule has 0 aliphatic carbocycles. The van der Waals surface area contributed by atoms with Crippen molar-refractivity contribution in [3.63, 3.8) is 0 Å². The van der Waals surface area contributed by atoms with Gasteiger partial charge in [-0.1, -0.05) is 19.4 Å². The van der Waals surface area contributed by atoms with Crippen LogP contribution in [-0.4, -0.2) is 20.6 Å². The lowest BCUT2D eigenvalue weighted by molar-refractivity contribution is 0.767. The first-order chi connectivity index (χ1) is 6.77. The van der Waals surface area contributed by atoms with Crippen molar-refractivity contribution in [1.82, 2.24) is 0 Å². The Morgan fingerprint density at radius 2 is 2.14 bits per heavy atom. The second-order valence-corrected chi connectivity index (χ2v) is 3.58. The number of benzene rings is 1. The minimum atomic E-state index is 1.13. The Morgan fingerprint density at radius 1 is 1.36 bits per heavy atom. The van der Waals surface area contributed by atoms with Gasteiger partial charge in [-0.25, -0.2) is 0 Å². The fourth-order valence-electron chi connectivity index (χ4n) is 1.42. The molecule has 0 atom stereocenters. The van der Waals surface area contributed by atoms with Gasteiger partial charge in [0, 0.05) is 32.0 Å². The molecule has 0 bridgehead atoms. The van der Waals surface area contributed by atoms with Gasteiger partial charge in [0.1, 0.15) is 0 Å². The molecule has 14 heavy (non-hydrogen) atoms. The number of nitrogens with one attached hydrogen (secondary N) is 1. The molecule has 2 heteroatoms. The molecule has 0 unspecified atom stereocenters. The molecular formula is C12H20N2. The molecule has 0 saturated carbocycles. The highest BCUT2D eigenvalue weighted by atomic mass is 15.1. The van der Waals surface area contributed by atoms with E-state index in [1.165, 1.54) is 24.2 Å². The average Bonchev–Trinajstić information content (AvgIpc) is 2.26. The van der Waals surface area contributed by atoms with Crippen LogP contribution in [0.4, 0.5) is 11.4 Å². The van der Waals surface area contributed by atoms with Gasteiger partial charge in [0.2, 0.25) is 0 Å². The van der Waals surface area contributed by atoms with Gasteiger partial charge in [-0.15, -0.1) is 0 Å². The lowest BCUT2D eigenvalue weighted by atomic mass is 10.2. The Kier molecular flexibility index (Phi) is 4.30. The molecule has 0 aliphatic heterocycles. The average molecular weight is 192 g/mol. The van der Waals surface area contributed by atoms with Crippen LogP contribution in [0.3, 0.4) is 0 Å². The molecule has 0 heterocycles. The van der Waals surface area contributed by atoms with Crippen molar-refractivity contribution in [2.45, 2.75) is 19.8 Å². The largest absolute Gasteiger partial charge is 0.388 e. The fourth-order valence-corrected chi connectivity index (χ4v) is 1.42. The highest BCUT2D eigenvalue weighted by Gasteiger charge is 1.99. The summed E-state index contributed by atoms with van der Waals surface area (Å²) in [5, 5.41) is 3.15. The van der Waals surface area contributed by atoms with Crippen LogP contribution in [0.5, 0.6) is 0 Å². The first-order valence-electron chi connectivity index (χ1n) is 5.27. The Bertz CT molecular complexity index is 271. The third kappa shape index (κ3) is 2.95. The minimum absolute atomic E-state index is 1.13. The first-order valence-corrected chi connectivity index (χ1v) is 5.27. The zero-order valence-electron chi connectivity index (χ0n) is 9.38. The third-order valence-electron chi connectivity index (χ3n) is 2.42. The summed E-state index contributed by atoms with van der Waals surface area (Å²) in [6, 6.07) is 8.49. The highest BCUT2D eigenvalue weighted by molar-refractivity contribution is 5.57. The summed E-state index contributed by atoms with van der Waals surface area (Å²) in [6.07, 6.45) is 2.50. The van der Waals surface area contributed by atoms with E-state index < -0.39 is 0 Å². The van der Waals surface area contributed by atoms with Crippen LogP contribution in [-0.2, 0) is 0 Å². The minimum Gasteiger partial charge on any atom is -0.388 e. The summed E-state index contributed by atoms with van der Waals surface area (Å²) in [5.41, 5.74) is 2.45. The molecule has 0 fully saturated rings. The van der Waals surface area contributed by atoms with Crippen LogP contribution in [0.15, 0.2) is 24.3 Å². The van der Waals surface area contributed by atoms with Gasteiger partial charge in [-0.05, 0) is 24.6 Å². The van der Waals surface area contributed by atoms with Crippen molar-refractivity contribution in [2.75, 3.05) is 30.9 Å². The molecule has 1 rings (SSSR count). The molecule has 2 nitrogen and oxygen atoms in total. The lowest BCUT2D eigenvalue weighted by Crippen LogP contribution is -2.18. The summed E-state index contributed by atoms with van der Waals surface area (Å²) in [4.78, 5) is 2.30. The first kappa shape index (κ1) is 10.9. The Balaban J connectivity index is 2.64. The Hall–Kier alpha value is -1.18. The van der Waals surface area contributed by atoms with E-state index in [1.54, 1.807) is 0 Å². The van der Waals surface area contributed by atoms with Crippen molar-refractivity contribution < 1.29 is 0 Å². The van der Waals surface area contributed by atoms with E-state index in [4.69, 9.17) is 0 Å². The predicted octanol–water partition coefficient (Wildman–Crippen LogP) is 2.96. The molecule has 1 N–H and O–H groups in total. The Morgan fingerprint density at radius 3 is 2.79 bits per heavy atom. The highest BCUT2D eigenvalue weighted by Crippen LogP contribution is 2.18. The van der Waals surface area contributed by atoms with E-state index in [9.17, 15) is 0 Å². The van der Waals surface area contributed by atoms with Crippen LogP contribution >= 0.6 is 0 Å². The second kappa shape index (κ2) is 5.53. The number of rotatable bonds is 5. The zero-order chi connectivity index (χ0) is 10.4. The maximum atomic E-state index is 3.15. The summed E-state index contributed by atoms with van der Waals surface area (Å²) in [7, 11) is 4.09. The maximum absolute atomic E-state index is 3.15. The monoisotopic (exact) mass is 192 g/mol. The second-order valence-electron chi connectivity index (χ2n) is 3.58. The SMILES string of the molecule is CCCCN(C)c1cccc(NC)c1. The molecule has 0 amide bonds. The lowest BCUT2D eigenvalue weighted by Gasteiger charge is -2.19. The fraction of sp³-hybridized carbons (Fsp3) is 0.500. The van der Waals surface area contributed by atoms with Gasteiger partial charge in [0.05, 0.1) is 0 Å². The van der Waals surface area contributed by atoms with Crippen LogP contribution < -0.4 is 10.2 Å². The smallest absolute Gasteiger partial charge is 0.0384 e. The van der Waals surface area contributed by atoms with Gasteiger partial charge in [-0.3, -0.25) is 0 Å². The molecular weight excluding hydrogens is 172 g/mol. The number of nitrogens with zero attached hydrogens (tertiary/aromatic N) is 1. The number of anilines is 2. The predicted molar refractivity (Wildman–Crippen MR) is 64.2 cm³/mol. The molecule has 0 aromatic heterocycles. The quantitative estimate of drug-likeness (QED) is 0.771. The summed E-state index contributed by atoms with van der Waals surface area (Å²) in [5.74, 6) is 0. The molecule has 1 aromatic carbocycles. The van der Waals surface area contributed by atoms with Crippen LogP contribution in [0.1, 0.15) is 19.8 Å². The normalized spacial score (nSPS) is 9.93. The van der Waals surface area contributed by atoms with Crippen molar-refractivity contribution in [2.24, 2.45) is 0 Å². The molecule has 0 radical (unpaired) electrons. The van der Waals surface area contributed by atoms with Crippen LogP contribution in [0.2, 0.25) is 0 Å². The van der Waals surface area contributed by atoms with E-state index in [0.29, 0.717) is 0 Å². The van der Waals surface area contributed by atoms with Gasteiger partial charge < -0.3 is 10.2 Å². The molecule has 0 aliphatic rings. The van der Waals surface area contributed by atoms with E-state index >= 15 is 0 Å². The Labute approximate surface area is 86.9 Å². The van der Waals surface area contributed by atoms with E-state index in [2.05, 4.69) is 48.5 Å². The van der Waals surface area contributed by atoms with Crippen LogP contribution in [0, 0.1) is 0 Å². The van der Waals surface area contributed by atoms with Gasteiger partial charge in [0.25, 0.3) is 0 Å². The van der Waals surface area contributed by atoms with Crippen molar-refractivity contribution in [1.29, 1.82) is 0 Å². The zero-order valence-corrected chi connectivity index (χ0v) is 9.38. The van der Waals surface area contributed by atoms with Crippen molar-refractivity contribution >= 4 is 11.4 Å². The summed E-state index contributed by atoms with van der Waals surface area (Å²) in [6.45, 7) is 3.35. The van der Waals surface area contributed by atoms with Gasteiger partial charge in [0.15, 0.2) is 0 Å². The number of hydrogen-bond donors (Lipinski definition) is 1. The number of hydrogen-bond acceptors (Lipinski definition) is 2. The van der Waals surface area contributed by atoms with Crippen molar-refractivity contribution in [3.8, 4) is 0 Å². The van der Waals surface area contributed by atoms with Gasteiger partial charge >= 0.3 is 0 Å². The van der Waals surface area contributed by atoms with Crippen LogP contribution in [0.25, 0.3) is 0 Å². The van der Waals surface area contributed by atoms with E-state index in [1.807, 2.05) is 7.05 Å². The summed E-state index contributed by atoms with van der Waals surface area (Å²) >= 11 is 0. The number of unbranched alkanes of at least 4 members (excludes halogenated alkanes) is 1. The summed E-state index contributed by atoms with van der Waals surface area (Å²) < 4.78 is 0. The van der Waals surface area contributed by atoms with E-state index in [-0.39, 0.29) is 0 Å². The van der Waals surface area contributed by atoms with Gasteiger partial charge in [-0.2, -0.15) is 0 Å². The molecule has 0 spiro atoms. The standard InChI is InChI=1S/C12H20N2/c1-4-5-9-14(3)12-8-6-7-11(10-12)13-2/h6-8,10,13H,4-5,9H2,1-3H3. The molecule has 0 saturated heterocycles.